The molecule has 0 saturated heterocycles. The molecule has 0 aliphatic carbocycles. The van der Waals surface area contributed by atoms with Crippen LogP contribution in [-0.2, 0) is 6.54 Å². The van der Waals surface area contributed by atoms with E-state index in [2.05, 4.69) is 15.4 Å². The number of pyridine rings is 1. The Bertz CT molecular complexity index is 751. The van der Waals surface area contributed by atoms with Crippen molar-refractivity contribution in [2.45, 2.75) is 13.5 Å². The SMILES string of the molecule is COc1ccc2ccnc(NCCn3cc(C)cn3)c2c1. The van der Waals surface area contributed by atoms with Crippen LogP contribution < -0.4 is 10.1 Å². The van der Waals surface area contributed by atoms with Crippen LogP contribution in [0.15, 0.2) is 42.9 Å². The maximum Gasteiger partial charge on any atom is 0.134 e. The standard InChI is InChI=1S/C16H18N4O/c1-12-10-19-20(11-12)8-7-18-16-15-9-14(21-2)4-3-13(15)5-6-17-16/h3-6,9-11H,7-8H2,1-2H3,(H,17,18). The van der Waals surface area contributed by atoms with Crippen molar-refractivity contribution in [2.75, 3.05) is 19.0 Å². The topological polar surface area (TPSA) is 52.0 Å². The van der Waals surface area contributed by atoms with Gasteiger partial charge < -0.3 is 10.1 Å². The summed E-state index contributed by atoms with van der Waals surface area (Å²) in [6.45, 7) is 3.61. The molecular weight excluding hydrogens is 264 g/mol. The molecule has 0 saturated carbocycles. The van der Waals surface area contributed by atoms with Gasteiger partial charge in [0, 0.05) is 24.3 Å². The summed E-state index contributed by atoms with van der Waals surface area (Å²) in [6.07, 6.45) is 5.71. The van der Waals surface area contributed by atoms with Gasteiger partial charge in [-0.15, -0.1) is 0 Å². The summed E-state index contributed by atoms with van der Waals surface area (Å²) in [5, 5.41) is 9.85. The van der Waals surface area contributed by atoms with E-state index in [9.17, 15) is 0 Å². The second-order valence-corrected chi connectivity index (χ2v) is 4.95. The Labute approximate surface area is 123 Å². The first-order chi connectivity index (χ1) is 10.3. The molecule has 2 aromatic heterocycles. The molecule has 2 heterocycles. The summed E-state index contributed by atoms with van der Waals surface area (Å²) in [5.74, 6) is 1.71. The van der Waals surface area contributed by atoms with Crippen LogP contribution in [0.5, 0.6) is 5.75 Å². The number of aryl methyl sites for hydroxylation is 1. The van der Waals surface area contributed by atoms with Crippen LogP contribution in [0.3, 0.4) is 0 Å². The zero-order valence-corrected chi connectivity index (χ0v) is 12.2. The number of benzene rings is 1. The molecule has 108 valence electrons. The third-order valence-corrected chi connectivity index (χ3v) is 3.37. The smallest absolute Gasteiger partial charge is 0.134 e. The Hall–Kier alpha value is -2.56. The van der Waals surface area contributed by atoms with Gasteiger partial charge in [-0.1, -0.05) is 6.07 Å². The summed E-state index contributed by atoms with van der Waals surface area (Å²) >= 11 is 0. The number of nitrogens with zero attached hydrogens (tertiary/aromatic N) is 3. The molecule has 5 heteroatoms. The van der Waals surface area contributed by atoms with E-state index in [4.69, 9.17) is 4.74 Å². The molecule has 0 aliphatic rings. The zero-order chi connectivity index (χ0) is 14.7. The first kappa shape index (κ1) is 13.4. The van der Waals surface area contributed by atoms with Gasteiger partial charge in [-0.05, 0) is 36.1 Å². The van der Waals surface area contributed by atoms with Gasteiger partial charge in [0.2, 0.25) is 0 Å². The van der Waals surface area contributed by atoms with Gasteiger partial charge in [-0.25, -0.2) is 4.98 Å². The van der Waals surface area contributed by atoms with Gasteiger partial charge in [0.15, 0.2) is 0 Å². The Morgan fingerprint density at radius 3 is 2.95 bits per heavy atom. The van der Waals surface area contributed by atoms with Crippen LogP contribution in [0.2, 0.25) is 0 Å². The lowest BCUT2D eigenvalue weighted by Crippen LogP contribution is -2.11. The molecule has 1 N–H and O–H groups in total. The van der Waals surface area contributed by atoms with E-state index in [1.165, 1.54) is 5.56 Å². The molecule has 21 heavy (non-hydrogen) atoms. The minimum atomic E-state index is 0.768. The van der Waals surface area contributed by atoms with Crippen molar-refractivity contribution in [3.63, 3.8) is 0 Å². The minimum Gasteiger partial charge on any atom is -0.497 e. The number of nitrogens with one attached hydrogen (secondary N) is 1. The molecule has 0 spiro atoms. The van der Waals surface area contributed by atoms with Crippen LogP contribution in [0.1, 0.15) is 5.56 Å². The van der Waals surface area contributed by atoms with E-state index in [-0.39, 0.29) is 0 Å². The summed E-state index contributed by atoms with van der Waals surface area (Å²) in [4.78, 5) is 4.42. The molecular formula is C16H18N4O. The number of hydrogen-bond donors (Lipinski definition) is 1. The monoisotopic (exact) mass is 282 g/mol. The number of rotatable bonds is 5. The highest BCUT2D eigenvalue weighted by molar-refractivity contribution is 5.92. The Morgan fingerprint density at radius 1 is 1.29 bits per heavy atom. The molecule has 3 aromatic rings. The van der Waals surface area contributed by atoms with Crippen molar-refractivity contribution in [2.24, 2.45) is 0 Å². The number of anilines is 1. The average molecular weight is 282 g/mol. The fourth-order valence-corrected chi connectivity index (χ4v) is 2.29. The van der Waals surface area contributed by atoms with Crippen molar-refractivity contribution >= 4 is 16.6 Å². The first-order valence-corrected chi connectivity index (χ1v) is 6.92. The molecule has 0 atom stereocenters. The summed E-state index contributed by atoms with van der Waals surface area (Å²) < 4.78 is 7.21. The number of ether oxygens (including phenoxy) is 1. The maximum atomic E-state index is 5.28. The normalized spacial score (nSPS) is 10.8. The first-order valence-electron chi connectivity index (χ1n) is 6.92. The van der Waals surface area contributed by atoms with Gasteiger partial charge in [0.1, 0.15) is 11.6 Å². The molecule has 3 rings (SSSR count). The molecule has 1 aromatic carbocycles. The lowest BCUT2D eigenvalue weighted by molar-refractivity contribution is 0.415. The highest BCUT2D eigenvalue weighted by Gasteiger charge is 2.04. The molecule has 0 amide bonds. The zero-order valence-electron chi connectivity index (χ0n) is 12.2. The van der Waals surface area contributed by atoms with Crippen molar-refractivity contribution in [1.29, 1.82) is 0 Å². The molecule has 0 radical (unpaired) electrons. The quantitative estimate of drug-likeness (QED) is 0.782. The third-order valence-electron chi connectivity index (χ3n) is 3.37. The van der Waals surface area contributed by atoms with Crippen molar-refractivity contribution in [3.8, 4) is 5.75 Å². The van der Waals surface area contributed by atoms with Crippen molar-refractivity contribution < 1.29 is 4.74 Å². The van der Waals surface area contributed by atoms with Gasteiger partial charge >= 0.3 is 0 Å². The number of methoxy groups -OCH3 is 1. The van der Waals surface area contributed by atoms with E-state index in [0.717, 1.165) is 35.4 Å². The molecule has 5 nitrogen and oxygen atoms in total. The van der Waals surface area contributed by atoms with Crippen LogP contribution in [-0.4, -0.2) is 28.4 Å². The molecule has 0 bridgehead atoms. The van der Waals surface area contributed by atoms with Crippen molar-refractivity contribution in [1.82, 2.24) is 14.8 Å². The molecule has 0 fully saturated rings. The van der Waals surface area contributed by atoms with Crippen LogP contribution in [0, 0.1) is 6.92 Å². The summed E-state index contributed by atoms with van der Waals surface area (Å²) in [6, 6.07) is 8.00. The van der Waals surface area contributed by atoms with E-state index in [1.807, 2.05) is 54.5 Å². The fraction of sp³-hybridized carbons (Fsp3) is 0.250. The van der Waals surface area contributed by atoms with Gasteiger partial charge in [-0.2, -0.15) is 5.10 Å². The maximum absolute atomic E-state index is 5.28. The fourth-order valence-electron chi connectivity index (χ4n) is 2.29. The van der Waals surface area contributed by atoms with E-state index < -0.39 is 0 Å². The number of hydrogen-bond acceptors (Lipinski definition) is 4. The Morgan fingerprint density at radius 2 is 2.19 bits per heavy atom. The summed E-state index contributed by atoms with van der Waals surface area (Å²) in [7, 11) is 1.67. The van der Waals surface area contributed by atoms with Gasteiger partial charge in [0.25, 0.3) is 0 Å². The minimum absolute atomic E-state index is 0.768. The predicted octanol–water partition coefficient (Wildman–Crippen LogP) is 2.86. The van der Waals surface area contributed by atoms with Crippen molar-refractivity contribution in [3.05, 3.63) is 48.4 Å². The Kier molecular flexibility index (Phi) is 3.73. The predicted molar refractivity (Wildman–Crippen MR) is 83.7 cm³/mol. The average Bonchev–Trinajstić information content (AvgIpc) is 2.92. The van der Waals surface area contributed by atoms with Crippen LogP contribution >= 0.6 is 0 Å². The highest BCUT2D eigenvalue weighted by Crippen LogP contribution is 2.25. The second kappa shape index (κ2) is 5.83. The van der Waals surface area contributed by atoms with E-state index in [0.29, 0.717) is 0 Å². The Balaban J connectivity index is 1.76. The van der Waals surface area contributed by atoms with Crippen LogP contribution in [0.25, 0.3) is 10.8 Å². The van der Waals surface area contributed by atoms with E-state index in [1.54, 1.807) is 7.11 Å². The summed E-state index contributed by atoms with van der Waals surface area (Å²) in [5.41, 5.74) is 1.17. The van der Waals surface area contributed by atoms with Crippen LogP contribution in [0.4, 0.5) is 5.82 Å². The third kappa shape index (κ3) is 2.97. The number of aromatic nitrogens is 3. The lowest BCUT2D eigenvalue weighted by atomic mass is 10.1. The lowest BCUT2D eigenvalue weighted by Gasteiger charge is -2.10. The number of fused-ring (bicyclic) bond motifs is 1. The highest BCUT2D eigenvalue weighted by atomic mass is 16.5. The van der Waals surface area contributed by atoms with Gasteiger partial charge in [0.05, 0.1) is 19.9 Å². The molecule has 0 unspecified atom stereocenters. The van der Waals surface area contributed by atoms with E-state index >= 15 is 0 Å². The second-order valence-electron chi connectivity index (χ2n) is 4.95. The molecule has 0 aliphatic heterocycles. The largest absolute Gasteiger partial charge is 0.497 e. The van der Waals surface area contributed by atoms with Gasteiger partial charge in [-0.3, -0.25) is 4.68 Å².